The van der Waals surface area contributed by atoms with Crippen LogP contribution in [0.4, 0.5) is 14.5 Å². The fourth-order valence-electron chi connectivity index (χ4n) is 5.34. The van der Waals surface area contributed by atoms with E-state index in [0.29, 0.717) is 22.6 Å². The molecular formula is C27H22F2N2O5. The third-order valence-electron chi connectivity index (χ3n) is 6.94. The fraction of sp³-hybridized carbons (Fsp3) is 0.222. The van der Waals surface area contributed by atoms with Crippen molar-refractivity contribution in [2.75, 3.05) is 19.1 Å². The average Bonchev–Trinajstić information content (AvgIpc) is 3.39. The molecule has 3 atom stereocenters. The van der Waals surface area contributed by atoms with Crippen LogP contribution in [0.3, 0.4) is 0 Å². The highest BCUT2D eigenvalue weighted by Gasteiger charge is 2.68. The molecular weight excluding hydrogens is 470 g/mol. The van der Waals surface area contributed by atoms with E-state index in [0.717, 1.165) is 4.90 Å². The molecule has 3 aromatic carbocycles. The third kappa shape index (κ3) is 3.46. The maximum Gasteiger partial charge on any atom is 0.323 e. The molecule has 7 nitrogen and oxygen atoms in total. The molecule has 3 aromatic rings. The first-order chi connectivity index (χ1) is 17.3. The molecule has 36 heavy (non-hydrogen) atoms. The first-order valence-corrected chi connectivity index (χ1v) is 11.2. The lowest BCUT2D eigenvalue weighted by atomic mass is 9.71. The smallest absolute Gasteiger partial charge is 0.323 e. The molecule has 0 aromatic heterocycles. The van der Waals surface area contributed by atoms with Crippen LogP contribution in [0.1, 0.15) is 11.1 Å². The minimum Gasteiger partial charge on any atom is -0.497 e. The van der Waals surface area contributed by atoms with Crippen LogP contribution in [0.25, 0.3) is 0 Å². The van der Waals surface area contributed by atoms with Gasteiger partial charge >= 0.3 is 5.97 Å². The molecule has 0 bridgehead atoms. The summed E-state index contributed by atoms with van der Waals surface area (Å²) in [4.78, 5) is 41.7. The van der Waals surface area contributed by atoms with Gasteiger partial charge in [-0.25, -0.2) is 13.7 Å². The van der Waals surface area contributed by atoms with Gasteiger partial charge in [0.05, 0.1) is 37.3 Å². The van der Waals surface area contributed by atoms with E-state index in [4.69, 9.17) is 9.47 Å². The molecule has 0 spiro atoms. The van der Waals surface area contributed by atoms with Gasteiger partial charge in [-0.15, -0.1) is 0 Å². The van der Waals surface area contributed by atoms with Gasteiger partial charge in [-0.3, -0.25) is 19.7 Å². The number of benzene rings is 3. The molecule has 2 heterocycles. The Bertz CT molecular complexity index is 1280. The number of esters is 1. The summed E-state index contributed by atoms with van der Waals surface area (Å²) in [5.41, 5.74) is -0.251. The van der Waals surface area contributed by atoms with E-state index in [1.807, 2.05) is 0 Å². The highest BCUT2D eigenvalue weighted by Crippen LogP contribution is 2.52. The van der Waals surface area contributed by atoms with Crippen molar-refractivity contribution in [1.82, 2.24) is 5.32 Å². The van der Waals surface area contributed by atoms with Crippen molar-refractivity contribution in [2.45, 2.75) is 11.6 Å². The average molecular weight is 492 g/mol. The first kappa shape index (κ1) is 23.6. The second-order valence-electron chi connectivity index (χ2n) is 8.68. The third-order valence-corrected chi connectivity index (χ3v) is 6.94. The number of fused-ring (bicyclic) bond motifs is 1. The number of hydrogen-bond acceptors (Lipinski definition) is 6. The van der Waals surface area contributed by atoms with Crippen LogP contribution in [0.5, 0.6) is 5.75 Å². The molecule has 2 saturated heterocycles. The Hall–Kier alpha value is -4.11. The Morgan fingerprint density at radius 3 is 1.83 bits per heavy atom. The molecule has 9 heteroatoms. The molecule has 5 rings (SSSR count). The van der Waals surface area contributed by atoms with E-state index in [-0.39, 0.29) is 0 Å². The summed E-state index contributed by atoms with van der Waals surface area (Å²) in [5, 5.41) is 3.17. The van der Waals surface area contributed by atoms with E-state index in [1.165, 1.54) is 62.8 Å². The number of nitrogens with one attached hydrogen (secondary N) is 1. The van der Waals surface area contributed by atoms with Gasteiger partial charge in [-0.1, -0.05) is 24.3 Å². The Labute approximate surface area is 205 Å². The van der Waals surface area contributed by atoms with Crippen molar-refractivity contribution in [3.8, 4) is 5.75 Å². The van der Waals surface area contributed by atoms with Gasteiger partial charge < -0.3 is 9.47 Å². The van der Waals surface area contributed by atoms with Crippen molar-refractivity contribution in [1.29, 1.82) is 0 Å². The van der Waals surface area contributed by atoms with Gasteiger partial charge in [0.2, 0.25) is 11.8 Å². The Morgan fingerprint density at radius 1 is 0.833 bits per heavy atom. The lowest BCUT2D eigenvalue weighted by molar-refractivity contribution is -0.145. The summed E-state index contributed by atoms with van der Waals surface area (Å²) >= 11 is 0. The second kappa shape index (κ2) is 8.83. The first-order valence-electron chi connectivity index (χ1n) is 11.2. The lowest BCUT2D eigenvalue weighted by Gasteiger charge is -2.36. The summed E-state index contributed by atoms with van der Waals surface area (Å²) in [6.45, 7) is 0. The summed E-state index contributed by atoms with van der Waals surface area (Å²) in [6.07, 6.45) is 0. The number of methoxy groups -OCH3 is 2. The summed E-state index contributed by atoms with van der Waals surface area (Å²) in [5.74, 6) is -4.55. The predicted octanol–water partition coefficient (Wildman–Crippen LogP) is 3.17. The van der Waals surface area contributed by atoms with Gasteiger partial charge in [0.25, 0.3) is 0 Å². The quantitative estimate of drug-likeness (QED) is 0.435. The monoisotopic (exact) mass is 492 g/mol. The fourth-order valence-corrected chi connectivity index (χ4v) is 5.34. The second-order valence-corrected chi connectivity index (χ2v) is 8.68. The Balaban J connectivity index is 1.73. The summed E-state index contributed by atoms with van der Waals surface area (Å²) < 4.78 is 37.9. The van der Waals surface area contributed by atoms with E-state index >= 15 is 0 Å². The van der Waals surface area contributed by atoms with Crippen molar-refractivity contribution < 1.29 is 32.6 Å². The molecule has 0 unspecified atom stereocenters. The highest BCUT2D eigenvalue weighted by atomic mass is 19.1. The van der Waals surface area contributed by atoms with Crippen molar-refractivity contribution in [3.05, 3.63) is 95.6 Å². The van der Waals surface area contributed by atoms with Crippen molar-refractivity contribution in [2.24, 2.45) is 11.8 Å². The van der Waals surface area contributed by atoms with Gasteiger partial charge in [0, 0.05) is 0 Å². The molecule has 184 valence electrons. The molecule has 0 radical (unpaired) electrons. The molecule has 2 aliphatic heterocycles. The zero-order valence-electron chi connectivity index (χ0n) is 19.4. The molecule has 0 aliphatic carbocycles. The topological polar surface area (TPSA) is 84.9 Å². The molecule has 1 N–H and O–H groups in total. The van der Waals surface area contributed by atoms with Crippen LogP contribution in [0.15, 0.2) is 72.8 Å². The largest absolute Gasteiger partial charge is 0.497 e. The summed E-state index contributed by atoms with van der Waals surface area (Å²) in [7, 11) is 2.69. The number of halogens is 2. The molecule has 2 amide bonds. The molecule has 0 saturated carbocycles. The van der Waals surface area contributed by atoms with Crippen LogP contribution in [0, 0.1) is 23.5 Å². The van der Waals surface area contributed by atoms with E-state index in [9.17, 15) is 23.2 Å². The van der Waals surface area contributed by atoms with Crippen LogP contribution in [-0.4, -0.2) is 38.0 Å². The van der Waals surface area contributed by atoms with E-state index in [1.54, 1.807) is 24.3 Å². The number of ether oxygens (including phenoxy) is 2. The number of imide groups is 1. The minimum absolute atomic E-state index is 0.316. The van der Waals surface area contributed by atoms with Crippen LogP contribution in [-0.2, 0) is 24.7 Å². The number of anilines is 1. The van der Waals surface area contributed by atoms with Crippen LogP contribution in [0.2, 0.25) is 0 Å². The van der Waals surface area contributed by atoms with Gasteiger partial charge in [-0.2, -0.15) is 0 Å². The van der Waals surface area contributed by atoms with Crippen LogP contribution < -0.4 is 15.0 Å². The van der Waals surface area contributed by atoms with Crippen molar-refractivity contribution in [3.63, 3.8) is 0 Å². The maximum absolute atomic E-state index is 14.0. The van der Waals surface area contributed by atoms with Gasteiger partial charge in [-0.05, 0) is 59.7 Å². The number of carbonyl (C=O) groups is 3. The highest BCUT2D eigenvalue weighted by molar-refractivity contribution is 6.24. The number of rotatable bonds is 5. The summed E-state index contributed by atoms with van der Waals surface area (Å²) in [6, 6.07) is 16.0. The van der Waals surface area contributed by atoms with Gasteiger partial charge in [0.15, 0.2) is 0 Å². The Morgan fingerprint density at radius 2 is 1.36 bits per heavy atom. The van der Waals surface area contributed by atoms with E-state index < -0.39 is 52.8 Å². The zero-order valence-corrected chi connectivity index (χ0v) is 19.4. The normalized spacial score (nSPS) is 22.4. The molecule has 2 fully saturated rings. The number of amides is 2. The standard InChI is InChI=1S/C27H22F2N2O5/c1-35-20-13-11-19(12-14-20)31-24(32)21-22(25(31)33)27(30-23(21)26(34)36-2,15-3-7-17(28)8-4-15)16-5-9-18(29)10-6-16/h3-14,21-23,30H,1-2H3/t21-,22+,23+/m0/s1. The number of hydrogen-bond donors (Lipinski definition) is 1. The minimum atomic E-state index is -1.45. The van der Waals surface area contributed by atoms with Gasteiger partial charge in [0.1, 0.15) is 23.4 Å². The lowest BCUT2D eigenvalue weighted by Crippen LogP contribution is -2.52. The van der Waals surface area contributed by atoms with Crippen LogP contribution >= 0.6 is 0 Å². The Kier molecular flexibility index (Phi) is 5.80. The number of carbonyl (C=O) groups excluding carboxylic acids is 3. The van der Waals surface area contributed by atoms with E-state index in [2.05, 4.69) is 5.32 Å². The van der Waals surface area contributed by atoms with Crippen molar-refractivity contribution >= 4 is 23.5 Å². The molecule has 2 aliphatic rings. The predicted molar refractivity (Wildman–Crippen MR) is 125 cm³/mol. The number of nitrogens with zero attached hydrogens (tertiary/aromatic N) is 1. The zero-order chi connectivity index (χ0) is 25.6. The SMILES string of the molecule is COC(=O)[C@@H]1NC(c2ccc(F)cc2)(c2ccc(F)cc2)[C@H]2C(=O)N(c3ccc(OC)cc3)C(=O)[C@H]12. The maximum atomic E-state index is 14.0.